The zero-order chi connectivity index (χ0) is 19.5. The van der Waals surface area contributed by atoms with Gasteiger partial charge in [-0.15, -0.1) is 0 Å². The highest BCUT2D eigenvalue weighted by atomic mass is 32.2. The molecule has 3 atom stereocenters. The van der Waals surface area contributed by atoms with Gasteiger partial charge in [-0.1, -0.05) is 48.2 Å². The van der Waals surface area contributed by atoms with Crippen LogP contribution in [-0.2, 0) is 9.59 Å². The lowest BCUT2D eigenvalue weighted by Gasteiger charge is -2.49. The highest BCUT2D eigenvalue weighted by molar-refractivity contribution is 8.15. The number of nitrogens with zero attached hydrogens (tertiary/aromatic N) is 2. The number of benzene rings is 2. The van der Waals surface area contributed by atoms with Gasteiger partial charge in [0.1, 0.15) is 11.7 Å². The summed E-state index contributed by atoms with van der Waals surface area (Å²) < 4.78 is 6.24. The smallest absolute Gasteiger partial charge is 0.239 e. The van der Waals surface area contributed by atoms with Crippen molar-refractivity contribution in [2.45, 2.75) is 25.6 Å². The predicted molar refractivity (Wildman–Crippen MR) is 108 cm³/mol. The van der Waals surface area contributed by atoms with E-state index in [-0.39, 0.29) is 11.8 Å². The van der Waals surface area contributed by atoms with Gasteiger partial charge < -0.3 is 10.1 Å². The zero-order valence-electron chi connectivity index (χ0n) is 15.5. The molecule has 2 aromatic carbocycles. The van der Waals surface area contributed by atoms with Gasteiger partial charge in [-0.05, 0) is 31.5 Å². The first-order chi connectivity index (χ1) is 13.5. The molecule has 0 aliphatic carbocycles. The number of nitrogens with one attached hydrogen (secondary N) is 1. The number of rotatable bonds is 2. The summed E-state index contributed by atoms with van der Waals surface area (Å²) >= 11 is 1.40. The molecule has 28 heavy (non-hydrogen) atoms. The lowest BCUT2D eigenvalue weighted by Crippen LogP contribution is -2.59. The van der Waals surface area contributed by atoms with Crippen molar-refractivity contribution < 1.29 is 14.3 Å². The van der Waals surface area contributed by atoms with E-state index in [1.165, 1.54) is 11.8 Å². The first-order valence-electron chi connectivity index (χ1n) is 9.17. The Morgan fingerprint density at radius 1 is 1.25 bits per heavy atom. The summed E-state index contributed by atoms with van der Waals surface area (Å²) in [6, 6.07) is 14.8. The molecular formula is C21H19N3O3S. The van der Waals surface area contributed by atoms with Crippen molar-refractivity contribution in [1.29, 1.82) is 0 Å². The summed E-state index contributed by atoms with van der Waals surface area (Å²) in [4.78, 5) is 32.5. The third-order valence-electron chi connectivity index (χ3n) is 5.53. The molecule has 142 valence electrons. The summed E-state index contributed by atoms with van der Waals surface area (Å²) in [6.07, 6.45) is 0. The molecule has 0 unspecified atom stereocenters. The molecular weight excluding hydrogens is 374 g/mol. The van der Waals surface area contributed by atoms with Crippen LogP contribution in [0.3, 0.4) is 0 Å². The Kier molecular flexibility index (Phi) is 3.77. The van der Waals surface area contributed by atoms with Crippen LogP contribution in [0.4, 0.5) is 5.69 Å². The van der Waals surface area contributed by atoms with E-state index in [4.69, 9.17) is 9.73 Å². The van der Waals surface area contributed by atoms with Gasteiger partial charge in [0, 0.05) is 11.3 Å². The van der Waals surface area contributed by atoms with Gasteiger partial charge in [-0.3, -0.25) is 14.5 Å². The van der Waals surface area contributed by atoms with Crippen LogP contribution in [0.15, 0.2) is 53.5 Å². The van der Waals surface area contributed by atoms with Crippen LogP contribution in [0.5, 0.6) is 5.75 Å². The third kappa shape index (κ3) is 2.46. The van der Waals surface area contributed by atoms with Gasteiger partial charge in [0.15, 0.2) is 5.17 Å². The van der Waals surface area contributed by atoms with Crippen LogP contribution < -0.4 is 10.1 Å². The molecule has 5 rings (SSSR count). The Labute approximate surface area is 167 Å². The van der Waals surface area contributed by atoms with Crippen LogP contribution in [0.1, 0.15) is 24.1 Å². The molecule has 0 saturated carbocycles. The van der Waals surface area contributed by atoms with Crippen molar-refractivity contribution in [2.24, 2.45) is 10.9 Å². The normalized spacial score (nSPS) is 27.4. The molecule has 6 nitrogen and oxygen atoms in total. The second-order valence-corrected chi connectivity index (χ2v) is 8.31. The van der Waals surface area contributed by atoms with E-state index in [1.807, 2.05) is 62.4 Å². The summed E-state index contributed by atoms with van der Waals surface area (Å²) in [5, 5.41) is 3.66. The van der Waals surface area contributed by atoms with Gasteiger partial charge >= 0.3 is 0 Å². The Hall–Kier alpha value is -2.80. The summed E-state index contributed by atoms with van der Waals surface area (Å²) in [6.45, 7) is 3.77. The van der Waals surface area contributed by atoms with Crippen LogP contribution >= 0.6 is 11.8 Å². The second kappa shape index (κ2) is 6.10. The maximum absolute atomic E-state index is 13.4. The van der Waals surface area contributed by atoms with Crippen LogP contribution in [0.25, 0.3) is 0 Å². The SMILES string of the molecule is Cc1ccccc1NC(=O)[C@@H]1[C@H]2c3ccccc3O[C@]1(C)N=C1SCC(=O)N12. The molecule has 7 heteroatoms. The number of amidine groups is 1. The lowest BCUT2D eigenvalue weighted by molar-refractivity contribution is -0.139. The first kappa shape index (κ1) is 17.3. The minimum atomic E-state index is -1.07. The molecule has 2 bridgehead atoms. The van der Waals surface area contributed by atoms with Gasteiger partial charge in [-0.25, -0.2) is 4.99 Å². The lowest BCUT2D eigenvalue weighted by atomic mass is 9.79. The number of hydrogen-bond donors (Lipinski definition) is 1. The molecule has 3 aliphatic heterocycles. The number of ether oxygens (including phenoxy) is 1. The molecule has 1 N–H and O–H groups in total. The first-order valence-corrected chi connectivity index (χ1v) is 10.2. The van der Waals surface area contributed by atoms with Gasteiger partial charge in [0.2, 0.25) is 17.5 Å². The Balaban J connectivity index is 1.62. The number of hydrogen-bond acceptors (Lipinski definition) is 5. The van der Waals surface area contributed by atoms with E-state index in [0.717, 1.165) is 16.8 Å². The molecule has 3 heterocycles. The standard InChI is InChI=1S/C21H19N3O3S/c1-12-7-3-5-9-14(12)22-19(26)17-18-13-8-4-6-10-15(13)27-21(17,2)23-20-24(18)16(25)11-28-20/h3-10,17-18H,11H2,1-2H3,(H,22,26)/t17-,18+,21-/m0/s1. The topological polar surface area (TPSA) is 71.0 Å². The summed E-state index contributed by atoms with van der Waals surface area (Å²) in [7, 11) is 0. The number of aryl methyl sites for hydroxylation is 1. The molecule has 0 spiro atoms. The highest BCUT2D eigenvalue weighted by Gasteiger charge is 2.59. The quantitative estimate of drug-likeness (QED) is 0.850. The maximum atomic E-state index is 13.4. The van der Waals surface area contributed by atoms with Crippen molar-refractivity contribution in [3.63, 3.8) is 0 Å². The summed E-state index contributed by atoms with van der Waals surface area (Å²) in [5.41, 5.74) is 1.49. The largest absolute Gasteiger partial charge is 0.465 e. The fourth-order valence-corrected chi connectivity index (χ4v) is 5.18. The van der Waals surface area contributed by atoms with E-state index in [1.54, 1.807) is 4.90 Å². The monoisotopic (exact) mass is 393 g/mol. The van der Waals surface area contributed by atoms with Crippen molar-refractivity contribution in [2.75, 3.05) is 11.1 Å². The number of fused-ring (bicyclic) bond motifs is 6. The Morgan fingerprint density at radius 3 is 2.82 bits per heavy atom. The van der Waals surface area contributed by atoms with Gasteiger partial charge in [0.25, 0.3) is 0 Å². The number of thioether (sulfide) groups is 1. The van der Waals surface area contributed by atoms with Crippen LogP contribution in [0.2, 0.25) is 0 Å². The Bertz CT molecular complexity index is 1040. The number of amides is 2. The van der Waals surface area contributed by atoms with Crippen molar-refractivity contribution in [3.05, 3.63) is 59.7 Å². The van der Waals surface area contributed by atoms with Crippen molar-refractivity contribution in [1.82, 2.24) is 4.90 Å². The summed E-state index contributed by atoms with van der Waals surface area (Å²) in [5.74, 6) is 0.112. The van der Waals surface area contributed by atoms with Gasteiger partial charge in [-0.2, -0.15) is 0 Å². The second-order valence-electron chi connectivity index (χ2n) is 7.37. The molecule has 0 radical (unpaired) electrons. The van der Waals surface area contributed by atoms with E-state index in [0.29, 0.717) is 16.7 Å². The van der Waals surface area contributed by atoms with E-state index >= 15 is 0 Å². The average molecular weight is 393 g/mol. The molecule has 2 aromatic rings. The van der Waals surface area contributed by atoms with Crippen LogP contribution in [-0.4, -0.2) is 33.4 Å². The molecule has 1 saturated heterocycles. The van der Waals surface area contributed by atoms with Crippen molar-refractivity contribution in [3.8, 4) is 5.75 Å². The molecule has 3 aliphatic rings. The molecule has 2 amide bonds. The minimum absolute atomic E-state index is 0.0267. The molecule has 0 aromatic heterocycles. The fourth-order valence-electron chi connectivity index (χ4n) is 4.19. The maximum Gasteiger partial charge on any atom is 0.239 e. The minimum Gasteiger partial charge on any atom is -0.465 e. The fraction of sp³-hybridized carbons (Fsp3) is 0.286. The van der Waals surface area contributed by atoms with E-state index in [9.17, 15) is 9.59 Å². The number of carbonyl (C=O) groups excluding carboxylic acids is 2. The zero-order valence-corrected chi connectivity index (χ0v) is 16.3. The average Bonchev–Trinajstić information content (AvgIpc) is 3.02. The Morgan fingerprint density at radius 2 is 2.00 bits per heavy atom. The van der Waals surface area contributed by atoms with E-state index in [2.05, 4.69) is 5.32 Å². The van der Waals surface area contributed by atoms with E-state index < -0.39 is 17.7 Å². The number of carbonyl (C=O) groups is 2. The van der Waals surface area contributed by atoms with Gasteiger partial charge in [0.05, 0.1) is 11.8 Å². The predicted octanol–water partition coefficient (Wildman–Crippen LogP) is 3.34. The number of aliphatic imine (C=N–C) groups is 1. The highest BCUT2D eigenvalue weighted by Crippen LogP contribution is 2.52. The van der Waals surface area contributed by atoms with Crippen molar-refractivity contribution >= 4 is 34.4 Å². The molecule has 1 fully saturated rings. The third-order valence-corrected chi connectivity index (χ3v) is 6.47. The number of anilines is 1. The number of para-hydroxylation sites is 2. The van der Waals surface area contributed by atoms with Crippen LogP contribution in [0, 0.1) is 12.8 Å².